The zero-order valence-electron chi connectivity index (χ0n) is 8.41. The van der Waals surface area contributed by atoms with Crippen LogP contribution in [0.25, 0.3) is 0 Å². The van der Waals surface area contributed by atoms with Crippen molar-refractivity contribution in [3.63, 3.8) is 0 Å². The Hall–Kier alpha value is -0.570. The van der Waals surface area contributed by atoms with Crippen molar-refractivity contribution in [2.75, 3.05) is 13.2 Å². The van der Waals surface area contributed by atoms with Crippen LogP contribution in [-0.4, -0.2) is 25.3 Å². The van der Waals surface area contributed by atoms with Gasteiger partial charge in [0.05, 0.1) is 18.6 Å². The third-order valence-corrected chi connectivity index (χ3v) is 2.27. The summed E-state index contributed by atoms with van der Waals surface area (Å²) in [5.41, 5.74) is 0. The van der Waals surface area contributed by atoms with Crippen LogP contribution >= 0.6 is 0 Å². The molecule has 0 aromatic rings. The van der Waals surface area contributed by atoms with Gasteiger partial charge in [0.15, 0.2) is 0 Å². The lowest BCUT2D eigenvalue weighted by molar-refractivity contribution is -0.153. The van der Waals surface area contributed by atoms with Gasteiger partial charge in [-0.1, -0.05) is 6.92 Å². The van der Waals surface area contributed by atoms with Crippen molar-refractivity contribution in [1.29, 1.82) is 0 Å². The summed E-state index contributed by atoms with van der Waals surface area (Å²) < 4.78 is 10.4. The van der Waals surface area contributed by atoms with Gasteiger partial charge in [0.25, 0.3) is 0 Å². The second-order valence-corrected chi connectivity index (χ2v) is 3.57. The lowest BCUT2D eigenvalue weighted by Crippen LogP contribution is -2.29. The molecule has 1 fully saturated rings. The van der Waals surface area contributed by atoms with E-state index in [2.05, 4.69) is 0 Å². The third kappa shape index (κ3) is 3.35. The van der Waals surface area contributed by atoms with Crippen molar-refractivity contribution in [3.8, 4) is 0 Å². The molecule has 3 nitrogen and oxygen atoms in total. The summed E-state index contributed by atoms with van der Waals surface area (Å²) >= 11 is 0. The minimum absolute atomic E-state index is 0.0444. The van der Waals surface area contributed by atoms with E-state index in [1.165, 1.54) is 0 Å². The predicted molar refractivity (Wildman–Crippen MR) is 49.4 cm³/mol. The fourth-order valence-electron chi connectivity index (χ4n) is 1.53. The van der Waals surface area contributed by atoms with Crippen molar-refractivity contribution < 1.29 is 14.3 Å². The van der Waals surface area contributed by atoms with Gasteiger partial charge in [-0.05, 0) is 26.2 Å². The van der Waals surface area contributed by atoms with E-state index in [1.807, 2.05) is 13.8 Å². The Morgan fingerprint density at radius 3 is 3.00 bits per heavy atom. The SMILES string of the molecule is CCCOC(=O)C1CCOC(C)C1. The van der Waals surface area contributed by atoms with E-state index in [0.717, 1.165) is 19.3 Å². The number of carbonyl (C=O) groups excluding carboxylic acids is 1. The molecule has 3 heteroatoms. The molecular formula is C10H18O3. The lowest BCUT2D eigenvalue weighted by atomic mass is 9.96. The Labute approximate surface area is 79.4 Å². The Morgan fingerprint density at radius 2 is 2.38 bits per heavy atom. The summed E-state index contributed by atoms with van der Waals surface area (Å²) in [7, 11) is 0. The summed E-state index contributed by atoms with van der Waals surface area (Å²) in [5, 5.41) is 0. The summed E-state index contributed by atoms with van der Waals surface area (Å²) in [6, 6.07) is 0. The van der Waals surface area contributed by atoms with Crippen molar-refractivity contribution in [2.24, 2.45) is 5.92 Å². The molecule has 2 atom stereocenters. The van der Waals surface area contributed by atoms with Gasteiger partial charge in [0.1, 0.15) is 0 Å². The fourth-order valence-corrected chi connectivity index (χ4v) is 1.53. The van der Waals surface area contributed by atoms with E-state index < -0.39 is 0 Å². The first kappa shape index (κ1) is 10.5. The molecular weight excluding hydrogens is 168 g/mol. The normalized spacial score (nSPS) is 28.5. The van der Waals surface area contributed by atoms with Crippen molar-refractivity contribution in [3.05, 3.63) is 0 Å². The molecule has 1 saturated heterocycles. The van der Waals surface area contributed by atoms with Crippen LogP contribution in [0.5, 0.6) is 0 Å². The van der Waals surface area contributed by atoms with Crippen LogP contribution in [0.15, 0.2) is 0 Å². The average molecular weight is 186 g/mol. The first-order chi connectivity index (χ1) is 6.24. The maximum Gasteiger partial charge on any atom is 0.309 e. The number of hydrogen-bond acceptors (Lipinski definition) is 3. The van der Waals surface area contributed by atoms with Gasteiger partial charge in [-0.2, -0.15) is 0 Å². The van der Waals surface area contributed by atoms with Gasteiger partial charge < -0.3 is 9.47 Å². The van der Waals surface area contributed by atoms with E-state index in [4.69, 9.17) is 9.47 Å². The molecule has 0 spiro atoms. The molecule has 76 valence electrons. The highest BCUT2D eigenvalue weighted by Gasteiger charge is 2.26. The van der Waals surface area contributed by atoms with Crippen molar-refractivity contribution >= 4 is 5.97 Å². The van der Waals surface area contributed by atoms with E-state index in [1.54, 1.807) is 0 Å². The first-order valence-corrected chi connectivity index (χ1v) is 5.02. The van der Waals surface area contributed by atoms with E-state index >= 15 is 0 Å². The molecule has 1 heterocycles. The number of esters is 1. The number of ether oxygens (including phenoxy) is 2. The molecule has 0 radical (unpaired) electrons. The average Bonchev–Trinajstić information content (AvgIpc) is 2.14. The summed E-state index contributed by atoms with van der Waals surface area (Å²) in [6.45, 7) is 5.23. The quantitative estimate of drug-likeness (QED) is 0.630. The van der Waals surface area contributed by atoms with Crippen LogP contribution in [0.3, 0.4) is 0 Å². The molecule has 0 aliphatic carbocycles. The van der Waals surface area contributed by atoms with E-state index in [-0.39, 0.29) is 18.0 Å². The molecule has 1 rings (SSSR count). The van der Waals surface area contributed by atoms with Crippen LogP contribution < -0.4 is 0 Å². The van der Waals surface area contributed by atoms with E-state index in [0.29, 0.717) is 13.2 Å². The Balaban J connectivity index is 2.28. The summed E-state index contributed by atoms with van der Waals surface area (Å²) in [4.78, 5) is 11.4. The van der Waals surface area contributed by atoms with Gasteiger partial charge >= 0.3 is 5.97 Å². The van der Waals surface area contributed by atoms with Crippen molar-refractivity contribution in [1.82, 2.24) is 0 Å². The van der Waals surface area contributed by atoms with Crippen molar-refractivity contribution in [2.45, 2.75) is 39.2 Å². The van der Waals surface area contributed by atoms with Crippen LogP contribution in [0.4, 0.5) is 0 Å². The molecule has 0 amide bonds. The van der Waals surface area contributed by atoms with Crippen LogP contribution in [-0.2, 0) is 14.3 Å². The maximum absolute atomic E-state index is 11.4. The highest BCUT2D eigenvalue weighted by molar-refractivity contribution is 5.72. The molecule has 0 bridgehead atoms. The smallest absolute Gasteiger partial charge is 0.309 e. The van der Waals surface area contributed by atoms with Gasteiger partial charge in [-0.3, -0.25) is 4.79 Å². The van der Waals surface area contributed by atoms with Crippen LogP contribution in [0.1, 0.15) is 33.1 Å². The van der Waals surface area contributed by atoms with Gasteiger partial charge in [-0.25, -0.2) is 0 Å². The first-order valence-electron chi connectivity index (χ1n) is 5.02. The molecule has 0 saturated carbocycles. The third-order valence-electron chi connectivity index (χ3n) is 2.27. The molecule has 1 aliphatic heterocycles. The molecule has 0 N–H and O–H groups in total. The minimum Gasteiger partial charge on any atom is -0.465 e. The minimum atomic E-state index is -0.0444. The number of rotatable bonds is 3. The molecule has 13 heavy (non-hydrogen) atoms. The summed E-state index contributed by atoms with van der Waals surface area (Å²) in [6.07, 6.45) is 2.72. The molecule has 2 unspecified atom stereocenters. The number of carbonyl (C=O) groups is 1. The largest absolute Gasteiger partial charge is 0.465 e. The zero-order chi connectivity index (χ0) is 9.68. The second kappa shape index (κ2) is 5.22. The van der Waals surface area contributed by atoms with Gasteiger partial charge in [-0.15, -0.1) is 0 Å². The van der Waals surface area contributed by atoms with Gasteiger partial charge in [0.2, 0.25) is 0 Å². The highest BCUT2D eigenvalue weighted by Crippen LogP contribution is 2.20. The Kier molecular flexibility index (Phi) is 4.22. The van der Waals surface area contributed by atoms with Crippen LogP contribution in [0, 0.1) is 5.92 Å². The van der Waals surface area contributed by atoms with Crippen LogP contribution in [0.2, 0.25) is 0 Å². The fraction of sp³-hybridized carbons (Fsp3) is 0.900. The molecule has 0 aromatic carbocycles. The second-order valence-electron chi connectivity index (χ2n) is 3.57. The Morgan fingerprint density at radius 1 is 1.62 bits per heavy atom. The molecule has 0 aromatic heterocycles. The molecule has 1 aliphatic rings. The van der Waals surface area contributed by atoms with Gasteiger partial charge in [0, 0.05) is 6.61 Å². The topological polar surface area (TPSA) is 35.5 Å². The predicted octanol–water partition coefficient (Wildman–Crippen LogP) is 1.75. The number of hydrogen-bond donors (Lipinski definition) is 0. The Bertz CT molecular complexity index is 168. The lowest BCUT2D eigenvalue weighted by Gasteiger charge is -2.25. The summed E-state index contributed by atoms with van der Waals surface area (Å²) in [5.74, 6) is 0.0206. The maximum atomic E-state index is 11.4. The highest BCUT2D eigenvalue weighted by atomic mass is 16.5. The standard InChI is InChI=1S/C10H18O3/c1-3-5-13-10(11)9-4-6-12-8(2)7-9/h8-9H,3-7H2,1-2H3. The monoisotopic (exact) mass is 186 g/mol. The zero-order valence-corrected chi connectivity index (χ0v) is 8.41. The van der Waals surface area contributed by atoms with E-state index in [9.17, 15) is 4.79 Å².